The van der Waals surface area contributed by atoms with E-state index in [0.717, 1.165) is 16.5 Å². The lowest BCUT2D eigenvalue weighted by Crippen LogP contribution is -2.52. The first kappa shape index (κ1) is 16.6. The van der Waals surface area contributed by atoms with Crippen LogP contribution < -0.4 is 10.2 Å². The fourth-order valence-corrected chi connectivity index (χ4v) is 3.65. The summed E-state index contributed by atoms with van der Waals surface area (Å²) in [4.78, 5) is 28.1. The molecule has 0 radical (unpaired) electrons. The normalized spacial score (nSPS) is 14.1. The van der Waals surface area contributed by atoms with Crippen molar-refractivity contribution in [2.75, 3.05) is 23.3 Å². The van der Waals surface area contributed by atoms with Gasteiger partial charge < -0.3 is 9.42 Å². The lowest BCUT2D eigenvalue weighted by atomic mass is 9.99. The maximum atomic E-state index is 12.5. The van der Waals surface area contributed by atoms with Crippen molar-refractivity contribution < 1.29 is 9.32 Å². The molecule has 0 saturated carbocycles. The van der Waals surface area contributed by atoms with Gasteiger partial charge in [0.05, 0.1) is 10.8 Å². The summed E-state index contributed by atoms with van der Waals surface area (Å²) in [7, 11) is 0. The average molecular weight is 393 g/mol. The minimum Gasteiger partial charge on any atom is -0.355 e. The van der Waals surface area contributed by atoms with Gasteiger partial charge in [0.2, 0.25) is 11.8 Å². The molecule has 140 valence electrons. The quantitative estimate of drug-likeness (QED) is 0.556. The first-order valence-corrected chi connectivity index (χ1v) is 9.51. The molecule has 0 unspecified atom stereocenters. The van der Waals surface area contributed by atoms with Gasteiger partial charge in [-0.1, -0.05) is 11.2 Å². The number of nitrogens with one attached hydrogen (secondary N) is 1. The van der Waals surface area contributed by atoms with Crippen molar-refractivity contribution in [3.8, 4) is 16.4 Å². The molecule has 1 N–H and O–H groups in total. The van der Waals surface area contributed by atoms with Crippen LogP contribution in [0.4, 0.5) is 11.7 Å². The molecular weight excluding hydrogens is 378 g/mol. The lowest BCUT2D eigenvalue weighted by Gasteiger charge is -2.38. The van der Waals surface area contributed by atoms with Crippen LogP contribution in [0, 0.1) is 5.92 Å². The first-order valence-electron chi connectivity index (χ1n) is 8.63. The van der Waals surface area contributed by atoms with Crippen molar-refractivity contribution in [2.24, 2.45) is 5.92 Å². The number of thiophene rings is 1. The number of carbonyl (C=O) groups excluding carboxylic acids is 1. The van der Waals surface area contributed by atoms with Gasteiger partial charge in [0.25, 0.3) is 0 Å². The number of hydrogen-bond donors (Lipinski definition) is 1. The van der Waals surface area contributed by atoms with Crippen LogP contribution in [0.3, 0.4) is 0 Å². The van der Waals surface area contributed by atoms with Gasteiger partial charge in [0, 0.05) is 37.6 Å². The van der Waals surface area contributed by atoms with Crippen LogP contribution in [0.1, 0.15) is 0 Å². The third-order valence-corrected chi connectivity index (χ3v) is 5.41. The molecule has 0 aliphatic carbocycles. The van der Waals surface area contributed by atoms with Crippen LogP contribution in [0.25, 0.3) is 16.4 Å². The second-order valence-corrected chi connectivity index (χ2v) is 7.30. The summed E-state index contributed by atoms with van der Waals surface area (Å²) < 4.78 is 7.04. The zero-order valence-corrected chi connectivity index (χ0v) is 15.4. The van der Waals surface area contributed by atoms with Gasteiger partial charge in [-0.15, -0.1) is 11.3 Å². The summed E-state index contributed by atoms with van der Waals surface area (Å²) in [6.45, 7) is 1.16. The van der Waals surface area contributed by atoms with E-state index in [1.807, 2.05) is 39.2 Å². The molecule has 1 amide bonds. The van der Waals surface area contributed by atoms with E-state index in [-0.39, 0.29) is 11.8 Å². The van der Waals surface area contributed by atoms with E-state index in [1.54, 1.807) is 29.9 Å². The van der Waals surface area contributed by atoms with Crippen molar-refractivity contribution in [3.05, 3.63) is 54.7 Å². The highest BCUT2D eigenvalue weighted by Crippen LogP contribution is 2.28. The van der Waals surface area contributed by atoms with E-state index in [4.69, 9.17) is 4.52 Å². The molecule has 0 bridgehead atoms. The molecule has 0 aromatic carbocycles. The maximum absolute atomic E-state index is 12.5. The number of amides is 1. The highest BCUT2D eigenvalue weighted by atomic mass is 32.1. The second kappa shape index (κ2) is 6.89. The Morgan fingerprint density at radius 3 is 2.93 bits per heavy atom. The molecule has 5 heterocycles. The number of imidazole rings is 1. The molecule has 0 atom stereocenters. The van der Waals surface area contributed by atoms with Gasteiger partial charge in [-0.2, -0.15) is 0 Å². The van der Waals surface area contributed by atoms with Crippen LogP contribution in [0.15, 0.2) is 59.2 Å². The summed E-state index contributed by atoms with van der Waals surface area (Å²) in [5.74, 6) is 1.65. The molecule has 4 aromatic heterocycles. The van der Waals surface area contributed by atoms with E-state index in [0.29, 0.717) is 24.7 Å². The monoisotopic (exact) mass is 393 g/mol. The number of anilines is 2. The fraction of sp³-hybridized carbons (Fsp3) is 0.167. The van der Waals surface area contributed by atoms with Gasteiger partial charge >= 0.3 is 0 Å². The Morgan fingerprint density at radius 2 is 2.14 bits per heavy atom. The molecule has 5 rings (SSSR count). The zero-order valence-electron chi connectivity index (χ0n) is 14.6. The molecule has 1 aliphatic rings. The minimum absolute atomic E-state index is 0.0889. The molecule has 1 fully saturated rings. The van der Waals surface area contributed by atoms with Gasteiger partial charge in [-0.05, 0) is 11.4 Å². The van der Waals surface area contributed by atoms with Crippen LogP contribution in [0.2, 0.25) is 0 Å². The molecule has 10 heteroatoms. The Labute approximate surface area is 163 Å². The number of nitrogens with zero attached hydrogens (tertiary/aromatic N) is 6. The van der Waals surface area contributed by atoms with Gasteiger partial charge in [-0.3, -0.25) is 14.7 Å². The van der Waals surface area contributed by atoms with Crippen LogP contribution >= 0.6 is 11.3 Å². The van der Waals surface area contributed by atoms with Crippen LogP contribution in [0.5, 0.6) is 0 Å². The Hall–Kier alpha value is -3.53. The molecule has 1 saturated heterocycles. The summed E-state index contributed by atoms with van der Waals surface area (Å²) in [5.41, 5.74) is 0.716. The topological polar surface area (TPSA) is 102 Å². The smallest absolute Gasteiger partial charge is 0.233 e. The number of hydrogen-bond acceptors (Lipinski definition) is 8. The van der Waals surface area contributed by atoms with Gasteiger partial charge in [0.15, 0.2) is 0 Å². The average Bonchev–Trinajstić information content (AvgIpc) is 3.42. The van der Waals surface area contributed by atoms with Crippen LogP contribution in [-0.2, 0) is 4.79 Å². The molecule has 4 aromatic rings. The van der Waals surface area contributed by atoms with Crippen molar-refractivity contribution in [1.29, 1.82) is 0 Å². The fourth-order valence-electron chi connectivity index (χ4n) is 2.98. The summed E-state index contributed by atoms with van der Waals surface area (Å²) >= 11 is 1.57. The maximum Gasteiger partial charge on any atom is 0.233 e. The lowest BCUT2D eigenvalue weighted by molar-refractivity contribution is -0.120. The highest BCUT2D eigenvalue weighted by molar-refractivity contribution is 7.13. The van der Waals surface area contributed by atoms with E-state index < -0.39 is 0 Å². The number of aromatic nitrogens is 5. The number of rotatable bonds is 5. The van der Waals surface area contributed by atoms with E-state index in [2.05, 4.69) is 25.4 Å². The minimum atomic E-state index is -0.137. The van der Waals surface area contributed by atoms with E-state index in [9.17, 15) is 4.79 Å². The van der Waals surface area contributed by atoms with Gasteiger partial charge in [-0.25, -0.2) is 15.0 Å². The predicted molar refractivity (Wildman–Crippen MR) is 103 cm³/mol. The summed E-state index contributed by atoms with van der Waals surface area (Å²) in [6.07, 6.45) is 6.71. The van der Waals surface area contributed by atoms with Crippen molar-refractivity contribution >= 4 is 28.9 Å². The Balaban J connectivity index is 1.20. The highest BCUT2D eigenvalue weighted by Gasteiger charge is 2.34. The second-order valence-electron chi connectivity index (χ2n) is 6.35. The van der Waals surface area contributed by atoms with E-state index in [1.165, 1.54) is 6.33 Å². The van der Waals surface area contributed by atoms with Gasteiger partial charge in [0.1, 0.15) is 30.0 Å². The molecule has 0 spiro atoms. The third-order valence-electron chi connectivity index (χ3n) is 4.51. The van der Waals surface area contributed by atoms with Crippen molar-refractivity contribution in [3.63, 3.8) is 0 Å². The SMILES string of the molecule is O=C(Nc1cc(-c2cccs2)no1)C1CN(c2cc(-n3ccnc3)ncn2)C1. The molecule has 28 heavy (non-hydrogen) atoms. The Morgan fingerprint density at radius 1 is 1.25 bits per heavy atom. The number of carbonyl (C=O) groups is 1. The third kappa shape index (κ3) is 3.14. The van der Waals surface area contributed by atoms with E-state index >= 15 is 0 Å². The Kier molecular flexibility index (Phi) is 4.09. The molecule has 1 aliphatic heterocycles. The standard InChI is InChI=1S/C18H15N7O2S/c26-18(22-17-6-13(23-27-17)14-2-1-5-28-14)12-8-25(9-12)16-7-15(20-10-21-16)24-4-3-19-11-24/h1-7,10-12H,8-9H2,(H,22,26). The molecular formula is C18H15N7O2S. The summed E-state index contributed by atoms with van der Waals surface area (Å²) in [5, 5.41) is 8.76. The Bertz CT molecular complexity index is 1090. The first-order chi connectivity index (χ1) is 13.8. The molecule has 9 nitrogen and oxygen atoms in total. The van der Waals surface area contributed by atoms with Crippen molar-refractivity contribution in [2.45, 2.75) is 0 Å². The van der Waals surface area contributed by atoms with Crippen LogP contribution in [-0.4, -0.2) is 43.7 Å². The summed E-state index contributed by atoms with van der Waals surface area (Å²) in [6, 6.07) is 7.51. The largest absolute Gasteiger partial charge is 0.355 e. The predicted octanol–water partition coefficient (Wildman–Crippen LogP) is 2.45. The zero-order chi connectivity index (χ0) is 18.9. The van der Waals surface area contributed by atoms with Crippen molar-refractivity contribution in [1.82, 2.24) is 24.7 Å².